The molecule has 0 aliphatic heterocycles. The number of rotatable bonds is 10. The van der Waals surface area contributed by atoms with Gasteiger partial charge in [-0.3, -0.25) is 9.59 Å². The number of hydrogen-bond acceptors (Lipinski definition) is 6. The minimum Gasteiger partial charge on any atom is -0.497 e. The Morgan fingerprint density at radius 3 is 2.09 bits per heavy atom. The molecule has 3 aromatic carbocycles. The molecule has 0 aliphatic rings. The van der Waals surface area contributed by atoms with Crippen LogP contribution in [0.25, 0.3) is 0 Å². The molecule has 3 rings (SSSR count). The zero-order chi connectivity index (χ0) is 22.9. The van der Waals surface area contributed by atoms with E-state index in [1.807, 2.05) is 18.2 Å². The van der Waals surface area contributed by atoms with E-state index in [-0.39, 0.29) is 18.0 Å². The van der Waals surface area contributed by atoms with Gasteiger partial charge in [0.15, 0.2) is 18.2 Å². The van der Waals surface area contributed by atoms with Crippen molar-refractivity contribution in [1.82, 2.24) is 0 Å². The van der Waals surface area contributed by atoms with Gasteiger partial charge in [0.25, 0.3) is 0 Å². The Morgan fingerprint density at radius 1 is 0.844 bits per heavy atom. The summed E-state index contributed by atoms with van der Waals surface area (Å²) in [7, 11) is 1.54. The highest BCUT2D eigenvalue weighted by atomic mass is 79.9. The summed E-state index contributed by atoms with van der Waals surface area (Å²) in [6.45, 7) is -0.427. The van der Waals surface area contributed by atoms with Crippen LogP contribution in [-0.2, 0) is 9.53 Å². The molecule has 164 valence electrons. The molecule has 3 aromatic rings. The first-order valence-electron chi connectivity index (χ1n) is 9.90. The maximum Gasteiger partial charge on any atom is 0.329 e. The van der Waals surface area contributed by atoms with E-state index >= 15 is 0 Å². The Balaban J connectivity index is 1.69. The molecule has 6 nitrogen and oxygen atoms in total. The van der Waals surface area contributed by atoms with E-state index in [9.17, 15) is 14.4 Å². The number of Topliss-reactive ketones (excluding diaryl/α,β-unsaturated/α-hetero) is 2. The van der Waals surface area contributed by atoms with E-state index in [1.165, 1.54) is 7.11 Å². The van der Waals surface area contributed by atoms with Crippen molar-refractivity contribution in [3.05, 3.63) is 94.5 Å². The zero-order valence-electron chi connectivity index (χ0n) is 17.4. The fraction of sp³-hybridized carbons (Fsp3) is 0.160. The molecule has 0 saturated heterocycles. The van der Waals surface area contributed by atoms with E-state index in [0.717, 1.165) is 4.47 Å². The Labute approximate surface area is 194 Å². The minimum atomic E-state index is -0.951. The third kappa shape index (κ3) is 6.52. The summed E-state index contributed by atoms with van der Waals surface area (Å²) in [5, 5.41) is 3.04. The first-order valence-corrected chi connectivity index (χ1v) is 10.7. The average molecular weight is 496 g/mol. The molecule has 0 bridgehead atoms. The van der Waals surface area contributed by atoms with Gasteiger partial charge in [-0.1, -0.05) is 46.3 Å². The van der Waals surface area contributed by atoms with Gasteiger partial charge < -0.3 is 14.8 Å². The lowest BCUT2D eigenvalue weighted by molar-refractivity contribution is -0.143. The molecule has 0 aromatic heterocycles. The number of methoxy groups -OCH3 is 1. The molecule has 0 saturated carbocycles. The number of anilines is 1. The minimum absolute atomic E-state index is 0.115. The van der Waals surface area contributed by atoms with Gasteiger partial charge in [0.05, 0.1) is 7.11 Å². The van der Waals surface area contributed by atoms with Crippen molar-refractivity contribution >= 4 is 39.2 Å². The summed E-state index contributed by atoms with van der Waals surface area (Å²) < 4.78 is 11.2. The van der Waals surface area contributed by atoms with Crippen molar-refractivity contribution < 1.29 is 23.9 Å². The van der Waals surface area contributed by atoms with Crippen LogP contribution in [0.4, 0.5) is 5.69 Å². The standard InChI is InChI=1S/C25H22BrNO5/c1-31-21-13-7-18(8-14-21)24(29)16-32-25(30)22(27-20-11-9-19(26)10-12-20)15-23(28)17-5-3-2-4-6-17/h2-14,22,27H,15-16H2,1H3. The van der Waals surface area contributed by atoms with E-state index in [1.54, 1.807) is 60.7 Å². The second-order valence-corrected chi connectivity index (χ2v) is 7.87. The van der Waals surface area contributed by atoms with Crippen molar-refractivity contribution in [3.63, 3.8) is 0 Å². The molecule has 1 unspecified atom stereocenters. The van der Waals surface area contributed by atoms with E-state index in [4.69, 9.17) is 9.47 Å². The molecular weight excluding hydrogens is 474 g/mol. The third-order valence-corrected chi connectivity index (χ3v) is 5.24. The van der Waals surface area contributed by atoms with Gasteiger partial charge in [-0.25, -0.2) is 4.79 Å². The summed E-state index contributed by atoms with van der Waals surface area (Å²) in [5.41, 5.74) is 1.55. The van der Waals surface area contributed by atoms with Crippen molar-refractivity contribution in [1.29, 1.82) is 0 Å². The first kappa shape index (κ1) is 23.2. The monoisotopic (exact) mass is 495 g/mol. The molecule has 1 atom stereocenters. The van der Waals surface area contributed by atoms with E-state index < -0.39 is 18.6 Å². The lowest BCUT2D eigenvalue weighted by Gasteiger charge is -2.18. The van der Waals surface area contributed by atoms with Crippen molar-refractivity contribution in [2.24, 2.45) is 0 Å². The van der Waals surface area contributed by atoms with Gasteiger partial charge >= 0.3 is 5.97 Å². The zero-order valence-corrected chi connectivity index (χ0v) is 19.0. The maximum absolute atomic E-state index is 12.8. The van der Waals surface area contributed by atoms with Crippen molar-refractivity contribution in [2.45, 2.75) is 12.5 Å². The van der Waals surface area contributed by atoms with Gasteiger partial charge in [-0.2, -0.15) is 0 Å². The molecular formula is C25H22BrNO5. The third-order valence-electron chi connectivity index (χ3n) is 4.71. The Kier molecular flexibility index (Phi) is 8.16. The predicted octanol–water partition coefficient (Wildman–Crippen LogP) is 4.94. The van der Waals surface area contributed by atoms with Crippen LogP contribution in [0.3, 0.4) is 0 Å². The molecule has 0 heterocycles. The Bertz CT molecular complexity index is 1070. The highest BCUT2D eigenvalue weighted by Gasteiger charge is 2.25. The normalized spacial score (nSPS) is 11.3. The van der Waals surface area contributed by atoms with Crippen LogP contribution < -0.4 is 10.1 Å². The Hall–Kier alpha value is -3.45. The highest BCUT2D eigenvalue weighted by molar-refractivity contribution is 9.10. The number of ketones is 2. The summed E-state index contributed by atoms with van der Waals surface area (Å²) in [6.07, 6.45) is -0.115. The number of hydrogen-bond donors (Lipinski definition) is 1. The number of benzene rings is 3. The SMILES string of the molecule is COc1ccc(C(=O)COC(=O)C(CC(=O)c2ccccc2)Nc2ccc(Br)cc2)cc1. The molecule has 7 heteroatoms. The van der Waals surface area contributed by atoms with Crippen LogP contribution in [0.15, 0.2) is 83.3 Å². The predicted molar refractivity (Wildman–Crippen MR) is 125 cm³/mol. The van der Waals surface area contributed by atoms with E-state index in [2.05, 4.69) is 21.2 Å². The quantitative estimate of drug-likeness (QED) is 0.317. The Morgan fingerprint density at radius 2 is 1.47 bits per heavy atom. The molecule has 0 amide bonds. The average Bonchev–Trinajstić information content (AvgIpc) is 2.83. The maximum atomic E-state index is 12.8. The van der Waals surface area contributed by atoms with Crippen LogP contribution in [0.1, 0.15) is 27.1 Å². The summed E-state index contributed by atoms with van der Waals surface area (Å²) in [6, 6.07) is 21.5. The van der Waals surface area contributed by atoms with Gasteiger partial charge in [-0.05, 0) is 48.5 Å². The van der Waals surface area contributed by atoms with Crippen molar-refractivity contribution in [2.75, 3.05) is 19.0 Å². The van der Waals surface area contributed by atoms with Gasteiger partial charge in [0.2, 0.25) is 0 Å². The van der Waals surface area contributed by atoms with Crippen LogP contribution >= 0.6 is 15.9 Å². The second kappa shape index (κ2) is 11.2. The second-order valence-electron chi connectivity index (χ2n) is 6.96. The first-order chi connectivity index (χ1) is 15.5. The summed E-state index contributed by atoms with van der Waals surface area (Å²) in [4.78, 5) is 37.9. The van der Waals surface area contributed by atoms with Gasteiger partial charge in [0, 0.05) is 27.7 Å². The van der Waals surface area contributed by atoms with Crippen LogP contribution in [0.5, 0.6) is 5.75 Å². The van der Waals surface area contributed by atoms with Crippen LogP contribution in [0.2, 0.25) is 0 Å². The molecule has 1 N–H and O–H groups in total. The molecule has 0 fully saturated rings. The number of carbonyl (C=O) groups excluding carboxylic acids is 3. The lowest BCUT2D eigenvalue weighted by Crippen LogP contribution is -2.34. The fourth-order valence-electron chi connectivity index (χ4n) is 2.97. The number of carbonyl (C=O) groups is 3. The molecule has 0 spiro atoms. The molecule has 32 heavy (non-hydrogen) atoms. The van der Waals surface area contributed by atoms with Gasteiger partial charge in [-0.15, -0.1) is 0 Å². The topological polar surface area (TPSA) is 81.7 Å². The van der Waals surface area contributed by atoms with Crippen LogP contribution in [0, 0.1) is 0 Å². The summed E-state index contributed by atoms with van der Waals surface area (Å²) in [5.74, 6) is -0.618. The number of nitrogens with one attached hydrogen (secondary N) is 1. The smallest absolute Gasteiger partial charge is 0.329 e. The number of halogens is 1. The fourth-order valence-corrected chi connectivity index (χ4v) is 3.23. The largest absolute Gasteiger partial charge is 0.497 e. The van der Waals surface area contributed by atoms with Crippen molar-refractivity contribution in [3.8, 4) is 5.75 Å². The number of esters is 1. The lowest BCUT2D eigenvalue weighted by atomic mass is 10.0. The highest BCUT2D eigenvalue weighted by Crippen LogP contribution is 2.18. The van der Waals surface area contributed by atoms with Crippen LogP contribution in [-0.4, -0.2) is 37.3 Å². The molecule has 0 radical (unpaired) electrons. The number of ether oxygens (including phenoxy) is 2. The molecule has 0 aliphatic carbocycles. The summed E-state index contributed by atoms with van der Waals surface area (Å²) >= 11 is 3.36. The van der Waals surface area contributed by atoms with E-state index in [0.29, 0.717) is 22.6 Å². The van der Waals surface area contributed by atoms with Gasteiger partial charge in [0.1, 0.15) is 11.8 Å².